The van der Waals surface area contributed by atoms with Crippen LogP contribution in [-0.2, 0) is 4.79 Å². The first-order chi connectivity index (χ1) is 8.91. The summed E-state index contributed by atoms with van der Waals surface area (Å²) in [5, 5.41) is 19.9. The van der Waals surface area contributed by atoms with Gasteiger partial charge in [0.1, 0.15) is 18.1 Å². The van der Waals surface area contributed by atoms with Gasteiger partial charge < -0.3 is 10.0 Å². The second-order valence-corrected chi connectivity index (χ2v) is 4.91. The van der Waals surface area contributed by atoms with Gasteiger partial charge in [0.15, 0.2) is 0 Å². The number of aliphatic carboxylic acids is 1. The molecule has 0 aliphatic carbocycles. The van der Waals surface area contributed by atoms with Gasteiger partial charge in [-0.15, -0.1) is 0 Å². The van der Waals surface area contributed by atoms with Crippen molar-refractivity contribution in [2.45, 2.75) is 19.4 Å². The molecule has 1 aliphatic heterocycles. The van der Waals surface area contributed by atoms with Gasteiger partial charge in [-0.3, -0.25) is 10.1 Å². The first kappa shape index (κ1) is 13.5. The van der Waals surface area contributed by atoms with E-state index < -0.39 is 16.9 Å². The molecule has 1 fully saturated rings. The zero-order valence-electron chi connectivity index (χ0n) is 10.1. The Hall–Kier alpha value is -1.89. The summed E-state index contributed by atoms with van der Waals surface area (Å²) in [6, 6.07) is 0.484. The topological polar surface area (TPSA) is 96.6 Å². The summed E-state index contributed by atoms with van der Waals surface area (Å²) >= 11 is 5.97. The Kier molecular flexibility index (Phi) is 3.57. The summed E-state index contributed by atoms with van der Waals surface area (Å²) in [6.45, 7) is 2.36. The number of nitro groups is 1. The number of rotatable bonds is 3. The highest BCUT2D eigenvalue weighted by Gasteiger charge is 2.38. The lowest BCUT2D eigenvalue weighted by molar-refractivity contribution is -0.385. The summed E-state index contributed by atoms with van der Waals surface area (Å²) < 4.78 is 0. The Labute approximate surface area is 114 Å². The van der Waals surface area contributed by atoms with Gasteiger partial charge in [0.2, 0.25) is 0 Å². The average Bonchev–Trinajstić information content (AvgIpc) is 2.70. The van der Waals surface area contributed by atoms with Crippen molar-refractivity contribution in [2.75, 3.05) is 11.4 Å². The number of halogens is 1. The van der Waals surface area contributed by atoms with E-state index in [4.69, 9.17) is 11.6 Å². The molecular formula is C11H12ClN3O4. The van der Waals surface area contributed by atoms with E-state index in [1.54, 1.807) is 4.90 Å². The predicted molar refractivity (Wildman–Crippen MR) is 68.5 cm³/mol. The number of nitrogens with zero attached hydrogens (tertiary/aromatic N) is 3. The highest BCUT2D eigenvalue weighted by atomic mass is 35.5. The van der Waals surface area contributed by atoms with Crippen LogP contribution in [0.25, 0.3) is 0 Å². The van der Waals surface area contributed by atoms with Crippen LogP contribution in [0.3, 0.4) is 0 Å². The van der Waals surface area contributed by atoms with Gasteiger partial charge in [0.25, 0.3) is 5.69 Å². The number of hydrogen-bond donors (Lipinski definition) is 1. The summed E-state index contributed by atoms with van der Waals surface area (Å²) in [7, 11) is 0. The molecule has 1 saturated heterocycles. The fraction of sp³-hybridized carbons (Fsp3) is 0.455. The van der Waals surface area contributed by atoms with E-state index in [2.05, 4.69) is 4.98 Å². The molecule has 2 heterocycles. The molecule has 19 heavy (non-hydrogen) atoms. The highest BCUT2D eigenvalue weighted by molar-refractivity contribution is 6.33. The zero-order chi connectivity index (χ0) is 14.2. The number of carbonyl (C=O) groups is 1. The Balaban J connectivity index is 2.36. The van der Waals surface area contributed by atoms with Crippen molar-refractivity contribution in [3.63, 3.8) is 0 Å². The van der Waals surface area contributed by atoms with Crippen LogP contribution in [0.4, 0.5) is 11.5 Å². The zero-order valence-corrected chi connectivity index (χ0v) is 10.9. The summed E-state index contributed by atoms with van der Waals surface area (Å²) in [4.78, 5) is 26.8. The molecule has 2 rings (SSSR count). The van der Waals surface area contributed by atoms with Crippen molar-refractivity contribution in [1.82, 2.24) is 4.98 Å². The van der Waals surface area contributed by atoms with E-state index in [0.717, 1.165) is 6.20 Å². The molecule has 1 aromatic rings. The molecule has 1 aliphatic rings. The molecule has 1 aromatic heterocycles. The Morgan fingerprint density at radius 2 is 2.37 bits per heavy atom. The molecular weight excluding hydrogens is 274 g/mol. The smallest absolute Gasteiger partial charge is 0.326 e. The fourth-order valence-corrected chi connectivity index (χ4v) is 2.56. The second-order valence-electron chi connectivity index (χ2n) is 4.50. The van der Waals surface area contributed by atoms with Gasteiger partial charge in [-0.2, -0.15) is 0 Å². The molecule has 2 atom stereocenters. The summed E-state index contributed by atoms with van der Waals surface area (Å²) in [6.07, 6.45) is 1.80. The van der Waals surface area contributed by atoms with E-state index >= 15 is 0 Å². The third-order valence-electron chi connectivity index (χ3n) is 3.24. The van der Waals surface area contributed by atoms with E-state index in [9.17, 15) is 20.0 Å². The van der Waals surface area contributed by atoms with Crippen LogP contribution in [-0.4, -0.2) is 33.6 Å². The molecule has 102 valence electrons. The van der Waals surface area contributed by atoms with Gasteiger partial charge in [-0.05, 0) is 12.3 Å². The van der Waals surface area contributed by atoms with Crippen molar-refractivity contribution in [2.24, 2.45) is 5.92 Å². The average molecular weight is 286 g/mol. The second kappa shape index (κ2) is 5.00. The van der Waals surface area contributed by atoms with Crippen LogP contribution >= 0.6 is 11.6 Å². The first-order valence-corrected chi connectivity index (χ1v) is 6.09. The van der Waals surface area contributed by atoms with Gasteiger partial charge >= 0.3 is 5.97 Å². The third-order valence-corrected chi connectivity index (χ3v) is 3.52. The molecule has 8 heteroatoms. The van der Waals surface area contributed by atoms with E-state index in [1.807, 2.05) is 6.92 Å². The summed E-state index contributed by atoms with van der Waals surface area (Å²) in [5.74, 6) is -0.684. The monoisotopic (exact) mass is 285 g/mol. The molecule has 0 saturated carbocycles. The lowest BCUT2D eigenvalue weighted by Gasteiger charge is -2.24. The maximum absolute atomic E-state index is 11.3. The predicted octanol–water partition coefficient (Wildman–Crippen LogP) is 1.94. The maximum Gasteiger partial charge on any atom is 0.326 e. The van der Waals surface area contributed by atoms with Crippen LogP contribution in [0.15, 0.2) is 12.3 Å². The minimum Gasteiger partial charge on any atom is -0.480 e. The molecule has 7 nitrogen and oxygen atoms in total. The summed E-state index contributed by atoms with van der Waals surface area (Å²) in [5.41, 5.74) is -0.215. The van der Waals surface area contributed by atoms with Crippen LogP contribution < -0.4 is 4.90 Å². The number of carboxylic acid groups (broad SMARTS) is 1. The van der Waals surface area contributed by atoms with E-state index in [1.165, 1.54) is 6.07 Å². The van der Waals surface area contributed by atoms with Crippen LogP contribution in [0.2, 0.25) is 5.02 Å². The number of pyridine rings is 1. The Morgan fingerprint density at radius 1 is 1.68 bits per heavy atom. The number of hydrogen-bond acceptors (Lipinski definition) is 5. The lowest BCUT2D eigenvalue weighted by atomic mass is 10.0. The number of aromatic nitrogens is 1. The SMILES string of the molecule is CC1CCN(c2ncc([N+](=O)[O-])cc2Cl)C1C(=O)O. The van der Waals surface area contributed by atoms with Crippen molar-refractivity contribution in [3.8, 4) is 0 Å². The largest absolute Gasteiger partial charge is 0.480 e. The lowest BCUT2D eigenvalue weighted by Crippen LogP contribution is -2.39. The van der Waals surface area contributed by atoms with Crippen LogP contribution in [0, 0.1) is 16.0 Å². The highest BCUT2D eigenvalue weighted by Crippen LogP contribution is 2.34. The molecule has 0 amide bonds. The van der Waals surface area contributed by atoms with Crippen molar-refractivity contribution < 1.29 is 14.8 Å². The van der Waals surface area contributed by atoms with Crippen LogP contribution in [0.1, 0.15) is 13.3 Å². The van der Waals surface area contributed by atoms with Crippen molar-refractivity contribution >= 4 is 29.1 Å². The van der Waals surface area contributed by atoms with Gasteiger partial charge in [-0.1, -0.05) is 18.5 Å². The van der Waals surface area contributed by atoms with Crippen molar-refractivity contribution in [1.29, 1.82) is 0 Å². The van der Waals surface area contributed by atoms with E-state index in [-0.39, 0.29) is 22.4 Å². The molecule has 0 aromatic carbocycles. The minimum absolute atomic E-state index is 0.0226. The molecule has 0 bridgehead atoms. The molecule has 0 radical (unpaired) electrons. The van der Waals surface area contributed by atoms with Crippen molar-refractivity contribution in [3.05, 3.63) is 27.4 Å². The Morgan fingerprint density at radius 3 is 2.89 bits per heavy atom. The fourth-order valence-electron chi connectivity index (χ4n) is 2.29. The molecule has 1 N–H and O–H groups in total. The first-order valence-electron chi connectivity index (χ1n) is 5.71. The van der Waals surface area contributed by atoms with Crippen LogP contribution in [0.5, 0.6) is 0 Å². The minimum atomic E-state index is -0.943. The number of carboxylic acids is 1. The quantitative estimate of drug-likeness (QED) is 0.673. The molecule has 0 spiro atoms. The Bertz CT molecular complexity index is 537. The number of anilines is 1. The third kappa shape index (κ3) is 2.46. The van der Waals surface area contributed by atoms with Gasteiger partial charge in [0, 0.05) is 12.6 Å². The maximum atomic E-state index is 11.3. The normalized spacial score (nSPS) is 22.5. The van der Waals surface area contributed by atoms with Gasteiger partial charge in [-0.25, -0.2) is 9.78 Å². The van der Waals surface area contributed by atoms with Gasteiger partial charge in [0.05, 0.1) is 9.95 Å². The molecule has 2 unspecified atom stereocenters. The standard InChI is InChI=1S/C11H12ClN3O4/c1-6-2-3-14(9(6)11(16)17)10-8(12)4-7(5-13-10)15(18)19/h4-6,9H,2-3H2,1H3,(H,16,17). The van der Waals surface area contributed by atoms with E-state index in [0.29, 0.717) is 13.0 Å².